The Bertz CT molecular complexity index is 1350. The Morgan fingerprint density at radius 1 is 1.21 bits per heavy atom. The van der Waals surface area contributed by atoms with Crippen molar-refractivity contribution in [2.24, 2.45) is 0 Å². The monoisotopic (exact) mass is 469 g/mol. The maximum atomic E-state index is 13.4. The molecule has 0 amide bonds. The highest BCUT2D eigenvalue weighted by Crippen LogP contribution is 2.42. The van der Waals surface area contributed by atoms with Crippen LogP contribution in [0.3, 0.4) is 0 Å². The molecule has 0 spiro atoms. The first-order valence-corrected chi connectivity index (χ1v) is 11.2. The maximum Gasteiger partial charge on any atom is 0.343 e. The van der Waals surface area contributed by atoms with E-state index in [1.54, 1.807) is 17.6 Å². The Balaban J connectivity index is 0.00000259. The SMILES string of the molecule is CCc1ccc2nc3c(c(NC(C)C)c2c1)Cn1c-3cc2c(c1=O)COC(=O)[C@]2(O)CC.Cl. The van der Waals surface area contributed by atoms with Gasteiger partial charge in [0.05, 0.1) is 34.7 Å². The summed E-state index contributed by atoms with van der Waals surface area (Å²) in [6.45, 7) is 8.24. The summed E-state index contributed by atoms with van der Waals surface area (Å²) >= 11 is 0. The zero-order valence-electron chi connectivity index (χ0n) is 19.2. The number of rotatable bonds is 4. The smallest absolute Gasteiger partial charge is 0.343 e. The number of aliphatic hydroxyl groups is 1. The van der Waals surface area contributed by atoms with Crippen LogP contribution in [0, 0.1) is 0 Å². The van der Waals surface area contributed by atoms with Gasteiger partial charge >= 0.3 is 5.97 Å². The number of pyridine rings is 2. The number of aryl methyl sites for hydroxylation is 1. The van der Waals surface area contributed by atoms with Crippen molar-refractivity contribution in [3.8, 4) is 11.4 Å². The predicted molar refractivity (Wildman–Crippen MR) is 130 cm³/mol. The van der Waals surface area contributed by atoms with Crippen LogP contribution in [0.5, 0.6) is 0 Å². The number of benzene rings is 1. The summed E-state index contributed by atoms with van der Waals surface area (Å²) in [4.78, 5) is 30.7. The number of carbonyl (C=O) groups excluding carboxylic acids is 1. The molecule has 33 heavy (non-hydrogen) atoms. The molecule has 2 aliphatic rings. The maximum absolute atomic E-state index is 13.4. The van der Waals surface area contributed by atoms with Crippen LogP contribution in [0.2, 0.25) is 0 Å². The van der Waals surface area contributed by atoms with Crippen molar-refractivity contribution in [1.82, 2.24) is 9.55 Å². The van der Waals surface area contributed by atoms with Crippen LogP contribution in [0.25, 0.3) is 22.3 Å². The van der Waals surface area contributed by atoms with Crippen molar-refractivity contribution in [3.63, 3.8) is 0 Å². The molecule has 0 radical (unpaired) electrons. The number of hydrogen-bond acceptors (Lipinski definition) is 6. The Labute approximate surface area is 198 Å². The highest BCUT2D eigenvalue weighted by atomic mass is 35.5. The number of nitrogens with one attached hydrogen (secondary N) is 1. The topological polar surface area (TPSA) is 93.5 Å². The van der Waals surface area contributed by atoms with E-state index in [-0.39, 0.29) is 37.0 Å². The van der Waals surface area contributed by atoms with Gasteiger partial charge in [-0.2, -0.15) is 0 Å². The van der Waals surface area contributed by atoms with E-state index in [1.165, 1.54) is 5.56 Å². The van der Waals surface area contributed by atoms with Crippen molar-refractivity contribution in [3.05, 3.63) is 56.9 Å². The molecule has 5 rings (SSSR count). The van der Waals surface area contributed by atoms with Gasteiger partial charge in [-0.3, -0.25) is 4.79 Å². The fraction of sp³-hybridized carbons (Fsp3) is 0.400. The second-order valence-corrected chi connectivity index (χ2v) is 8.92. The summed E-state index contributed by atoms with van der Waals surface area (Å²) in [5, 5.41) is 15.7. The second kappa shape index (κ2) is 8.15. The molecule has 0 saturated heterocycles. The molecule has 0 fully saturated rings. The van der Waals surface area contributed by atoms with Crippen LogP contribution in [0.1, 0.15) is 56.4 Å². The molecular weight excluding hydrogens is 442 g/mol. The molecule has 2 aromatic heterocycles. The average Bonchev–Trinajstić information content (AvgIpc) is 3.15. The van der Waals surface area contributed by atoms with Crippen LogP contribution in [-0.2, 0) is 34.7 Å². The molecule has 3 aromatic rings. The number of nitrogens with zero attached hydrogens (tertiary/aromatic N) is 2. The van der Waals surface area contributed by atoms with Crippen LogP contribution >= 0.6 is 12.4 Å². The number of halogens is 1. The quantitative estimate of drug-likeness (QED) is 0.440. The molecule has 2 N–H and O–H groups in total. The molecule has 0 aliphatic carbocycles. The molecule has 174 valence electrons. The number of carbonyl (C=O) groups is 1. The summed E-state index contributed by atoms with van der Waals surface area (Å²) in [6.07, 6.45) is 1.05. The van der Waals surface area contributed by atoms with Crippen molar-refractivity contribution < 1.29 is 14.6 Å². The van der Waals surface area contributed by atoms with Crippen LogP contribution in [-0.4, -0.2) is 26.7 Å². The van der Waals surface area contributed by atoms with E-state index < -0.39 is 11.6 Å². The van der Waals surface area contributed by atoms with E-state index in [0.717, 1.165) is 28.6 Å². The number of aromatic nitrogens is 2. The van der Waals surface area contributed by atoms with Gasteiger partial charge in [-0.25, -0.2) is 9.78 Å². The molecule has 4 heterocycles. The lowest BCUT2D eigenvalue weighted by Crippen LogP contribution is -2.44. The van der Waals surface area contributed by atoms with Crippen LogP contribution in [0.15, 0.2) is 29.1 Å². The molecule has 0 unspecified atom stereocenters. The highest BCUT2D eigenvalue weighted by molar-refractivity contribution is 5.97. The minimum absolute atomic E-state index is 0. The van der Waals surface area contributed by atoms with E-state index in [9.17, 15) is 14.7 Å². The molecule has 1 aromatic carbocycles. The van der Waals surface area contributed by atoms with Crippen molar-refractivity contribution in [1.29, 1.82) is 0 Å². The Kier molecular flexibility index (Phi) is 5.75. The predicted octanol–water partition coefficient (Wildman–Crippen LogP) is 3.88. The van der Waals surface area contributed by atoms with E-state index in [1.807, 2.05) is 6.07 Å². The molecule has 8 heteroatoms. The average molecular weight is 470 g/mol. The third kappa shape index (κ3) is 3.33. The summed E-state index contributed by atoms with van der Waals surface area (Å²) in [5.41, 5.74) is 3.93. The fourth-order valence-electron chi connectivity index (χ4n) is 4.80. The first-order valence-electron chi connectivity index (χ1n) is 11.2. The van der Waals surface area contributed by atoms with Gasteiger partial charge in [0.25, 0.3) is 5.56 Å². The van der Waals surface area contributed by atoms with Crippen LogP contribution < -0.4 is 10.9 Å². The summed E-state index contributed by atoms with van der Waals surface area (Å²) in [5.74, 6) is -0.712. The van der Waals surface area contributed by atoms with E-state index in [2.05, 4.69) is 38.2 Å². The molecule has 0 bridgehead atoms. The molecule has 7 nitrogen and oxygen atoms in total. The first-order chi connectivity index (χ1) is 15.3. The number of esters is 1. The van der Waals surface area contributed by atoms with Gasteiger partial charge in [0.1, 0.15) is 6.61 Å². The normalized spacial score (nSPS) is 18.4. The first kappa shape index (κ1) is 23.3. The van der Waals surface area contributed by atoms with Gasteiger partial charge in [-0.1, -0.05) is 19.9 Å². The van der Waals surface area contributed by atoms with Crippen LogP contribution in [0.4, 0.5) is 5.69 Å². The summed E-state index contributed by atoms with van der Waals surface area (Å²) < 4.78 is 6.84. The molecule has 2 aliphatic heterocycles. The number of cyclic esters (lactones) is 1. The van der Waals surface area contributed by atoms with E-state index in [4.69, 9.17) is 9.72 Å². The van der Waals surface area contributed by atoms with E-state index in [0.29, 0.717) is 29.1 Å². The zero-order chi connectivity index (χ0) is 22.8. The fourth-order valence-corrected chi connectivity index (χ4v) is 4.80. The van der Waals surface area contributed by atoms with Gasteiger partial charge in [0.2, 0.25) is 0 Å². The minimum Gasteiger partial charge on any atom is -0.458 e. The lowest BCUT2D eigenvalue weighted by atomic mass is 9.86. The standard InChI is InChI=1S/C25H27N3O4.ClH/c1-5-14-7-8-19-15(9-14)21(26-13(3)4)16-11-28-20(22(16)27-19)10-18-17(23(28)29)12-32-24(30)25(18,31)6-2;/h7-10,13,31H,5-6,11-12H2,1-4H3,(H,26,27);1H/t25-;/m0./s1. The zero-order valence-corrected chi connectivity index (χ0v) is 20.0. The Hall–Kier alpha value is -2.90. The third-order valence-electron chi connectivity index (χ3n) is 6.59. The Morgan fingerprint density at radius 2 is 1.97 bits per heavy atom. The second-order valence-electron chi connectivity index (χ2n) is 8.92. The van der Waals surface area contributed by atoms with Crippen molar-refractivity contribution >= 4 is 35.0 Å². The van der Waals surface area contributed by atoms with Gasteiger partial charge in [-0.15, -0.1) is 12.4 Å². The highest BCUT2D eigenvalue weighted by Gasteiger charge is 2.45. The summed E-state index contributed by atoms with van der Waals surface area (Å²) in [6, 6.07) is 8.19. The minimum atomic E-state index is -1.82. The Morgan fingerprint density at radius 3 is 2.64 bits per heavy atom. The van der Waals surface area contributed by atoms with Gasteiger partial charge in [-0.05, 0) is 50.5 Å². The van der Waals surface area contributed by atoms with E-state index >= 15 is 0 Å². The lowest BCUT2D eigenvalue weighted by molar-refractivity contribution is -0.172. The lowest BCUT2D eigenvalue weighted by Gasteiger charge is -2.31. The largest absolute Gasteiger partial charge is 0.458 e. The van der Waals surface area contributed by atoms with Gasteiger partial charge in [0, 0.05) is 22.6 Å². The third-order valence-corrected chi connectivity index (χ3v) is 6.59. The number of anilines is 1. The van der Waals surface area contributed by atoms with Crippen molar-refractivity contribution in [2.45, 2.75) is 65.3 Å². The molecular formula is C25H28ClN3O4. The number of hydrogen-bond donors (Lipinski definition) is 2. The van der Waals surface area contributed by atoms with Gasteiger partial charge in [0.15, 0.2) is 5.60 Å². The summed E-state index contributed by atoms with van der Waals surface area (Å²) in [7, 11) is 0. The number of fused-ring (bicyclic) bond motifs is 5. The van der Waals surface area contributed by atoms with Gasteiger partial charge < -0.3 is 19.7 Å². The molecule has 1 atom stereocenters. The van der Waals surface area contributed by atoms with Crippen molar-refractivity contribution in [2.75, 3.05) is 5.32 Å². The number of ether oxygens (including phenoxy) is 1. The molecule has 0 saturated carbocycles.